The van der Waals surface area contributed by atoms with Crippen molar-refractivity contribution in [3.63, 3.8) is 0 Å². The molecule has 0 heterocycles. The van der Waals surface area contributed by atoms with E-state index in [2.05, 4.69) is 0 Å². The fourth-order valence-electron chi connectivity index (χ4n) is 1.26. The van der Waals surface area contributed by atoms with Crippen LogP contribution in [0.4, 0.5) is 0 Å². The van der Waals surface area contributed by atoms with Gasteiger partial charge in [0.1, 0.15) is 0 Å². The van der Waals surface area contributed by atoms with Crippen molar-refractivity contribution in [1.29, 1.82) is 0 Å². The summed E-state index contributed by atoms with van der Waals surface area (Å²) in [4.78, 5) is 19.8. The minimum absolute atomic E-state index is 0.0170. The molecular formula is C15H30O8. The monoisotopic (exact) mass is 338 g/mol. The molecule has 8 nitrogen and oxygen atoms in total. The average molecular weight is 338 g/mol. The number of hydrogen-bond donors (Lipinski definition) is 4. The number of aliphatic hydroxyl groups excluding tert-OH is 2. The lowest BCUT2D eigenvalue weighted by molar-refractivity contribution is -0.139. The number of carboxylic acid groups (broad SMARTS) is 2. The van der Waals surface area contributed by atoms with Crippen molar-refractivity contribution < 1.29 is 39.5 Å². The number of aliphatic hydroxyl groups is 2. The van der Waals surface area contributed by atoms with Crippen molar-refractivity contribution in [1.82, 2.24) is 0 Å². The van der Waals surface area contributed by atoms with E-state index in [1.807, 2.05) is 6.92 Å². The molecule has 0 saturated heterocycles. The smallest absolute Gasteiger partial charge is 0.303 e. The number of unbranched alkanes of at least 4 members (excludes halogenated alkanes) is 1. The first-order valence-electron chi connectivity index (χ1n) is 7.64. The lowest BCUT2D eigenvalue weighted by Crippen LogP contribution is -2.24. The number of hydrogen-bond acceptors (Lipinski definition) is 6. The van der Waals surface area contributed by atoms with Gasteiger partial charge in [0, 0.05) is 12.8 Å². The van der Waals surface area contributed by atoms with Crippen LogP contribution in [-0.2, 0) is 19.1 Å². The van der Waals surface area contributed by atoms with Gasteiger partial charge in [-0.15, -0.1) is 0 Å². The molecule has 0 aliphatic heterocycles. The zero-order chi connectivity index (χ0) is 18.3. The number of carbonyl (C=O) groups is 2. The van der Waals surface area contributed by atoms with Crippen LogP contribution in [0.5, 0.6) is 0 Å². The number of aliphatic carboxylic acids is 2. The van der Waals surface area contributed by atoms with E-state index in [4.69, 9.17) is 29.9 Å². The molecule has 0 amide bonds. The molecule has 0 rings (SSSR count). The summed E-state index contributed by atoms with van der Waals surface area (Å²) in [6.07, 6.45) is 0.364. The number of carboxylic acids is 2. The van der Waals surface area contributed by atoms with Gasteiger partial charge < -0.3 is 29.9 Å². The minimum Gasteiger partial charge on any atom is -0.481 e. The van der Waals surface area contributed by atoms with Crippen molar-refractivity contribution >= 4 is 11.9 Å². The second kappa shape index (κ2) is 15.7. The molecule has 3 unspecified atom stereocenters. The van der Waals surface area contributed by atoms with Gasteiger partial charge in [-0.1, -0.05) is 0 Å². The maximum atomic E-state index is 9.90. The van der Waals surface area contributed by atoms with Gasteiger partial charge in [-0.2, -0.15) is 0 Å². The summed E-state index contributed by atoms with van der Waals surface area (Å²) >= 11 is 0. The predicted octanol–water partition coefficient (Wildman–Crippen LogP) is 0.886. The van der Waals surface area contributed by atoms with E-state index in [0.717, 1.165) is 0 Å². The lowest BCUT2D eigenvalue weighted by Gasteiger charge is -2.16. The molecule has 0 aliphatic rings. The zero-order valence-electron chi connectivity index (χ0n) is 14.1. The van der Waals surface area contributed by atoms with E-state index >= 15 is 0 Å². The van der Waals surface area contributed by atoms with Crippen molar-refractivity contribution in [3.8, 4) is 0 Å². The van der Waals surface area contributed by atoms with Crippen LogP contribution < -0.4 is 0 Å². The summed E-state index contributed by atoms with van der Waals surface area (Å²) in [6, 6.07) is 0. The van der Waals surface area contributed by atoms with Crippen LogP contribution in [-0.4, -0.2) is 70.5 Å². The molecule has 0 aromatic heterocycles. The molecular weight excluding hydrogens is 308 g/mol. The van der Waals surface area contributed by atoms with Gasteiger partial charge in [0.05, 0.1) is 38.1 Å². The van der Waals surface area contributed by atoms with Gasteiger partial charge in [-0.05, 0) is 33.6 Å². The topological polar surface area (TPSA) is 134 Å². The highest BCUT2D eigenvalue weighted by Gasteiger charge is 2.07. The largest absolute Gasteiger partial charge is 0.481 e. The van der Waals surface area contributed by atoms with Crippen LogP contribution in [0.2, 0.25) is 0 Å². The lowest BCUT2D eigenvalue weighted by atomic mass is 10.2. The Bertz CT molecular complexity index is 290. The summed E-state index contributed by atoms with van der Waals surface area (Å²) in [5, 5.41) is 33.8. The Kier molecular flexibility index (Phi) is 16.4. The SMILES string of the molecule is CC(O)COC(C)COC(C)CO.O=C(O)CCCCC(=O)O. The molecule has 0 aromatic rings. The highest BCUT2D eigenvalue weighted by atomic mass is 16.5. The standard InChI is InChI=1S/C9H20O4.C6H10O4/c1-7(11)5-12-9(3)6-13-8(2)4-10;7-5(8)3-1-2-4-6(9)10/h7-11H,4-6H2,1-3H3;1-4H2,(H,7,8)(H,9,10). The molecule has 138 valence electrons. The second-order valence-corrected chi connectivity index (χ2v) is 5.31. The Morgan fingerprint density at radius 3 is 1.65 bits per heavy atom. The first-order chi connectivity index (χ1) is 10.7. The average Bonchev–Trinajstić information content (AvgIpc) is 2.47. The molecule has 23 heavy (non-hydrogen) atoms. The molecule has 0 fully saturated rings. The van der Waals surface area contributed by atoms with Crippen LogP contribution in [0, 0.1) is 0 Å². The Labute approximate surface area is 137 Å². The molecule has 4 N–H and O–H groups in total. The quantitative estimate of drug-likeness (QED) is 0.385. The van der Waals surface area contributed by atoms with Crippen LogP contribution in [0.25, 0.3) is 0 Å². The van der Waals surface area contributed by atoms with E-state index in [9.17, 15) is 9.59 Å². The highest BCUT2D eigenvalue weighted by molar-refractivity contribution is 5.67. The third kappa shape index (κ3) is 23.2. The van der Waals surface area contributed by atoms with Crippen LogP contribution in [0.15, 0.2) is 0 Å². The van der Waals surface area contributed by atoms with Crippen LogP contribution in [0.3, 0.4) is 0 Å². The summed E-state index contributed by atoms with van der Waals surface area (Å²) in [6.45, 7) is 6.10. The normalized spacial score (nSPS) is 14.3. The fourth-order valence-corrected chi connectivity index (χ4v) is 1.26. The molecule has 0 bridgehead atoms. The number of rotatable bonds is 12. The molecule has 3 atom stereocenters. The Hall–Kier alpha value is -1.22. The van der Waals surface area contributed by atoms with E-state index in [0.29, 0.717) is 26.1 Å². The summed E-state index contributed by atoms with van der Waals surface area (Å²) in [5.74, 6) is -1.74. The van der Waals surface area contributed by atoms with Gasteiger partial charge in [-0.25, -0.2) is 0 Å². The highest BCUT2D eigenvalue weighted by Crippen LogP contribution is 1.99. The van der Waals surface area contributed by atoms with E-state index < -0.39 is 18.0 Å². The summed E-state index contributed by atoms with van der Waals surface area (Å²) in [5.41, 5.74) is 0. The Morgan fingerprint density at radius 2 is 1.30 bits per heavy atom. The zero-order valence-corrected chi connectivity index (χ0v) is 14.1. The maximum absolute atomic E-state index is 9.90. The van der Waals surface area contributed by atoms with E-state index in [-0.39, 0.29) is 31.7 Å². The molecule has 0 aromatic carbocycles. The van der Waals surface area contributed by atoms with Gasteiger partial charge in [0.2, 0.25) is 0 Å². The minimum atomic E-state index is -0.870. The van der Waals surface area contributed by atoms with Crippen molar-refractivity contribution in [2.24, 2.45) is 0 Å². The van der Waals surface area contributed by atoms with E-state index in [1.54, 1.807) is 13.8 Å². The molecule has 0 saturated carbocycles. The first kappa shape index (κ1) is 24.0. The van der Waals surface area contributed by atoms with Crippen LogP contribution >= 0.6 is 0 Å². The second-order valence-electron chi connectivity index (χ2n) is 5.31. The summed E-state index contributed by atoms with van der Waals surface area (Å²) in [7, 11) is 0. The first-order valence-corrected chi connectivity index (χ1v) is 7.64. The number of ether oxygens (including phenoxy) is 2. The van der Waals surface area contributed by atoms with Gasteiger partial charge >= 0.3 is 11.9 Å². The van der Waals surface area contributed by atoms with Gasteiger partial charge in [-0.3, -0.25) is 9.59 Å². The van der Waals surface area contributed by atoms with Crippen molar-refractivity contribution in [2.45, 2.75) is 64.8 Å². The Morgan fingerprint density at radius 1 is 0.870 bits per heavy atom. The van der Waals surface area contributed by atoms with Gasteiger partial charge in [0.15, 0.2) is 0 Å². The molecule has 8 heteroatoms. The van der Waals surface area contributed by atoms with Crippen molar-refractivity contribution in [3.05, 3.63) is 0 Å². The van der Waals surface area contributed by atoms with Crippen LogP contribution in [0.1, 0.15) is 46.5 Å². The maximum Gasteiger partial charge on any atom is 0.303 e. The molecule has 0 spiro atoms. The third-order valence-electron chi connectivity index (χ3n) is 2.53. The van der Waals surface area contributed by atoms with E-state index in [1.165, 1.54) is 0 Å². The Balaban J connectivity index is 0. The molecule has 0 aliphatic carbocycles. The van der Waals surface area contributed by atoms with Crippen molar-refractivity contribution in [2.75, 3.05) is 19.8 Å². The third-order valence-corrected chi connectivity index (χ3v) is 2.53. The van der Waals surface area contributed by atoms with Gasteiger partial charge in [0.25, 0.3) is 0 Å². The summed E-state index contributed by atoms with van der Waals surface area (Å²) < 4.78 is 10.5. The predicted molar refractivity (Wildman–Crippen MR) is 83.3 cm³/mol. The molecule has 0 radical (unpaired) electrons. The fraction of sp³-hybridized carbons (Fsp3) is 0.867.